The molecule has 10 heteroatoms. The second-order valence-corrected chi connectivity index (χ2v) is 10.8. The Balaban J connectivity index is 1.87. The maximum atomic E-state index is 12.9. The Morgan fingerprint density at radius 3 is 2.45 bits per heavy atom. The summed E-state index contributed by atoms with van der Waals surface area (Å²) in [7, 11) is -2.21. The van der Waals surface area contributed by atoms with Gasteiger partial charge < -0.3 is 14.8 Å². The molecule has 31 heavy (non-hydrogen) atoms. The fraction of sp³-hybridized carbons (Fsp3) is 0.381. The first-order valence-electron chi connectivity index (χ1n) is 9.48. The molecular weight excluding hydrogens is 463 g/mol. The van der Waals surface area contributed by atoms with Gasteiger partial charge in [0.2, 0.25) is 15.9 Å². The maximum absolute atomic E-state index is 12.9. The Morgan fingerprint density at radius 1 is 1.23 bits per heavy atom. The second-order valence-electron chi connectivity index (χ2n) is 7.99. The molecule has 1 atom stereocenters. The van der Waals surface area contributed by atoms with Gasteiger partial charge in [0.05, 0.1) is 25.1 Å². The Labute approximate surface area is 192 Å². The molecule has 0 aromatic heterocycles. The first-order valence-corrected chi connectivity index (χ1v) is 12.1. The van der Waals surface area contributed by atoms with Gasteiger partial charge in [0.15, 0.2) is 0 Å². The number of hydrogen-bond donors (Lipinski definition) is 1. The molecule has 2 aromatic carbocycles. The molecule has 0 fully saturated rings. The topological polar surface area (TPSA) is 84.9 Å². The number of anilines is 1. The molecule has 3 rings (SSSR count). The van der Waals surface area contributed by atoms with Crippen molar-refractivity contribution >= 4 is 44.8 Å². The summed E-state index contributed by atoms with van der Waals surface area (Å²) in [5.41, 5.74) is 0.463. The zero-order valence-electron chi connectivity index (χ0n) is 17.6. The number of ether oxygens (including phenoxy) is 2. The van der Waals surface area contributed by atoms with E-state index in [0.29, 0.717) is 17.9 Å². The average molecular weight is 487 g/mol. The van der Waals surface area contributed by atoms with Crippen LogP contribution in [0.15, 0.2) is 36.4 Å². The first-order chi connectivity index (χ1) is 14.4. The zero-order valence-corrected chi connectivity index (χ0v) is 19.9. The Bertz CT molecular complexity index is 1080. The minimum atomic E-state index is -3.77. The summed E-state index contributed by atoms with van der Waals surface area (Å²) in [5, 5.41) is 3.47. The lowest BCUT2D eigenvalue weighted by Gasteiger charge is -2.38. The molecule has 0 bridgehead atoms. The van der Waals surface area contributed by atoms with E-state index >= 15 is 0 Å². The molecule has 1 amide bonds. The number of hydrogen-bond acceptors (Lipinski definition) is 5. The van der Waals surface area contributed by atoms with E-state index in [2.05, 4.69) is 5.32 Å². The van der Waals surface area contributed by atoms with Crippen LogP contribution < -0.4 is 19.1 Å². The van der Waals surface area contributed by atoms with E-state index < -0.39 is 28.1 Å². The molecular formula is C21H24Cl2N2O5S. The first kappa shape index (κ1) is 23.5. The van der Waals surface area contributed by atoms with Gasteiger partial charge in [-0.05, 0) is 50.2 Å². The van der Waals surface area contributed by atoms with Gasteiger partial charge in [0.25, 0.3) is 0 Å². The van der Waals surface area contributed by atoms with Gasteiger partial charge in [-0.2, -0.15) is 0 Å². The summed E-state index contributed by atoms with van der Waals surface area (Å²) >= 11 is 12.0. The van der Waals surface area contributed by atoms with Crippen molar-refractivity contribution in [3.63, 3.8) is 0 Å². The van der Waals surface area contributed by atoms with Crippen LogP contribution in [0.4, 0.5) is 5.69 Å². The monoisotopic (exact) mass is 486 g/mol. The molecule has 0 aliphatic carbocycles. The molecule has 1 unspecified atom stereocenters. The van der Waals surface area contributed by atoms with Crippen LogP contribution in [0, 0.1) is 0 Å². The minimum Gasteiger partial charge on any atom is -0.497 e. The molecule has 1 N–H and O–H groups in total. The lowest BCUT2D eigenvalue weighted by molar-refractivity contribution is -0.120. The predicted octanol–water partition coefficient (Wildman–Crippen LogP) is 4.19. The summed E-state index contributed by atoms with van der Waals surface area (Å²) in [6.07, 6.45) is 1.52. The van der Waals surface area contributed by atoms with Gasteiger partial charge in [-0.25, -0.2) is 8.42 Å². The van der Waals surface area contributed by atoms with E-state index in [1.54, 1.807) is 25.3 Å². The number of nitrogens with one attached hydrogen (secondary N) is 1. The standard InChI is InChI=1S/C21H24Cl2N2O5S/c1-21(2)11-18(17-10-16(29-3)5-6-19(17)30-21)24-20(26)12-25(31(4,27)28)15-8-13(22)7-14(23)9-15/h5-10,18H,11-12H2,1-4H3,(H,24,26). The Hall–Kier alpha value is -2.16. The quantitative estimate of drug-likeness (QED) is 0.661. The van der Waals surface area contributed by atoms with Crippen molar-refractivity contribution in [2.24, 2.45) is 0 Å². The van der Waals surface area contributed by atoms with Crippen LogP contribution in [0.25, 0.3) is 0 Å². The van der Waals surface area contributed by atoms with Crippen LogP contribution in [-0.2, 0) is 14.8 Å². The number of carbonyl (C=O) groups excluding carboxylic acids is 1. The van der Waals surface area contributed by atoms with Gasteiger partial charge >= 0.3 is 0 Å². The largest absolute Gasteiger partial charge is 0.497 e. The summed E-state index contributed by atoms with van der Waals surface area (Å²) in [6.45, 7) is 3.43. The van der Waals surface area contributed by atoms with E-state index in [0.717, 1.165) is 16.1 Å². The SMILES string of the molecule is COc1ccc2c(c1)C(NC(=O)CN(c1cc(Cl)cc(Cl)c1)S(C)(=O)=O)CC(C)(C)O2. The van der Waals surface area contributed by atoms with E-state index in [1.165, 1.54) is 18.2 Å². The van der Waals surface area contributed by atoms with Crippen LogP contribution in [0.2, 0.25) is 10.0 Å². The predicted molar refractivity (Wildman–Crippen MR) is 122 cm³/mol. The highest BCUT2D eigenvalue weighted by Crippen LogP contribution is 2.41. The molecule has 0 radical (unpaired) electrons. The van der Waals surface area contributed by atoms with Gasteiger partial charge in [-0.3, -0.25) is 9.10 Å². The lowest BCUT2D eigenvalue weighted by atomic mass is 9.89. The van der Waals surface area contributed by atoms with Crippen molar-refractivity contribution < 1.29 is 22.7 Å². The van der Waals surface area contributed by atoms with Crippen LogP contribution in [-0.4, -0.2) is 39.8 Å². The number of carbonyl (C=O) groups is 1. The highest BCUT2D eigenvalue weighted by molar-refractivity contribution is 7.92. The van der Waals surface area contributed by atoms with E-state index in [9.17, 15) is 13.2 Å². The minimum absolute atomic E-state index is 0.213. The summed E-state index contributed by atoms with van der Waals surface area (Å²) < 4.78 is 37.1. The molecule has 0 saturated carbocycles. The fourth-order valence-electron chi connectivity index (χ4n) is 3.54. The zero-order chi connectivity index (χ0) is 23.0. The van der Waals surface area contributed by atoms with Crippen molar-refractivity contribution in [3.05, 3.63) is 52.0 Å². The smallest absolute Gasteiger partial charge is 0.241 e. The van der Waals surface area contributed by atoms with Crippen LogP contribution >= 0.6 is 23.2 Å². The van der Waals surface area contributed by atoms with Gasteiger partial charge in [0, 0.05) is 22.0 Å². The molecule has 1 aliphatic heterocycles. The molecule has 0 spiro atoms. The van der Waals surface area contributed by atoms with Crippen molar-refractivity contribution in [2.75, 3.05) is 24.2 Å². The highest BCUT2D eigenvalue weighted by Gasteiger charge is 2.35. The number of halogens is 2. The third kappa shape index (κ3) is 5.75. The van der Waals surface area contributed by atoms with Gasteiger partial charge in [-0.15, -0.1) is 0 Å². The van der Waals surface area contributed by atoms with Crippen LogP contribution in [0.1, 0.15) is 31.9 Å². The number of sulfonamides is 1. The van der Waals surface area contributed by atoms with Crippen LogP contribution in [0.5, 0.6) is 11.5 Å². The Morgan fingerprint density at radius 2 is 1.87 bits per heavy atom. The van der Waals surface area contributed by atoms with Crippen molar-refractivity contribution in [3.8, 4) is 11.5 Å². The number of amides is 1. The molecule has 168 valence electrons. The molecule has 0 saturated heterocycles. The summed E-state index contributed by atoms with van der Waals surface area (Å²) in [4.78, 5) is 12.9. The van der Waals surface area contributed by atoms with Crippen molar-refractivity contribution in [1.82, 2.24) is 5.32 Å². The molecule has 2 aromatic rings. The van der Waals surface area contributed by atoms with Crippen LogP contribution in [0.3, 0.4) is 0 Å². The van der Waals surface area contributed by atoms with E-state index in [1.807, 2.05) is 13.8 Å². The molecule has 7 nitrogen and oxygen atoms in total. The lowest BCUT2D eigenvalue weighted by Crippen LogP contribution is -2.45. The van der Waals surface area contributed by atoms with Crippen molar-refractivity contribution in [2.45, 2.75) is 31.9 Å². The third-order valence-corrected chi connectivity index (χ3v) is 6.41. The molecule has 1 heterocycles. The summed E-state index contributed by atoms with van der Waals surface area (Å²) in [6, 6.07) is 9.38. The van der Waals surface area contributed by atoms with Gasteiger partial charge in [-0.1, -0.05) is 23.2 Å². The average Bonchev–Trinajstić information content (AvgIpc) is 2.63. The fourth-order valence-corrected chi connectivity index (χ4v) is 4.90. The normalized spacial score (nSPS) is 17.3. The van der Waals surface area contributed by atoms with E-state index in [4.69, 9.17) is 32.7 Å². The number of methoxy groups -OCH3 is 1. The highest BCUT2D eigenvalue weighted by atomic mass is 35.5. The van der Waals surface area contributed by atoms with Gasteiger partial charge in [0.1, 0.15) is 23.6 Å². The Kier molecular flexibility index (Phi) is 6.64. The molecule has 1 aliphatic rings. The number of benzene rings is 2. The van der Waals surface area contributed by atoms with E-state index in [-0.39, 0.29) is 21.8 Å². The third-order valence-electron chi connectivity index (χ3n) is 4.83. The number of nitrogens with zero attached hydrogens (tertiary/aromatic N) is 1. The maximum Gasteiger partial charge on any atom is 0.241 e. The van der Waals surface area contributed by atoms with Crippen molar-refractivity contribution in [1.29, 1.82) is 0 Å². The number of rotatable bonds is 6. The second kappa shape index (κ2) is 8.76. The number of fused-ring (bicyclic) bond motifs is 1. The summed E-state index contributed by atoms with van der Waals surface area (Å²) in [5.74, 6) is 0.801.